The number of aliphatic hydroxyl groups excluding tert-OH is 1. The fourth-order valence-electron chi connectivity index (χ4n) is 3.73. The van der Waals surface area contributed by atoms with Crippen LogP contribution < -0.4 is 5.73 Å². The molecule has 1 aliphatic carbocycles. The molecule has 1 aromatic carbocycles. The first-order valence-electron chi connectivity index (χ1n) is 9.05. The number of aliphatic carboxylic acids is 1. The zero-order valence-electron chi connectivity index (χ0n) is 15.3. The quantitative estimate of drug-likeness (QED) is 0.682. The Labute approximate surface area is 152 Å². The minimum absolute atomic E-state index is 0.263. The smallest absolute Gasteiger partial charge is 0.329 e. The van der Waals surface area contributed by atoms with Gasteiger partial charge in [0, 0.05) is 29.4 Å². The van der Waals surface area contributed by atoms with Gasteiger partial charge in [0.15, 0.2) is 0 Å². The summed E-state index contributed by atoms with van der Waals surface area (Å²) in [5, 5.41) is 23.8. The number of aromatic nitrogens is 2. The van der Waals surface area contributed by atoms with Crippen LogP contribution >= 0.6 is 0 Å². The van der Waals surface area contributed by atoms with E-state index in [0.717, 1.165) is 42.1 Å². The van der Waals surface area contributed by atoms with Crippen LogP contribution in [-0.4, -0.2) is 39.2 Å². The van der Waals surface area contributed by atoms with Crippen LogP contribution in [0.4, 0.5) is 5.69 Å². The highest BCUT2D eigenvalue weighted by Gasteiger charge is 2.27. The average molecular weight is 361 g/mol. The summed E-state index contributed by atoms with van der Waals surface area (Å²) < 4.78 is 7.52. The molecule has 1 aliphatic rings. The van der Waals surface area contributed by atoms with Crippen molar-refractivity contribution in [1.82, 2.24) is 9.78 Å². The molecule has 0 unspecified atom stereocenters. The summed E-state index contributed by atoms with van der Waals surface area (Å²) in [6.07, 6.45) is 6.07. The number of nitrogens with two attached hydrogens (primary N) is 1. The molecule has 1 heterocycles. The Morgan fingerprint density at radius 2 is 2.04 bits per heavy atom. The second-order valence-corrected chi connectivity index (χ2v) is 7.66. The number of rotatable bonds is 6. The van der Waals surface area contributed by atoms with Gasteiger partial charge in [0.25, 0.3) is 0 Å². The lowest BCUT2D eigenvalue weighted by Crippen LogP contribution is -2.26. The van der Waals surface area contributed by atoms with Crippen molar-refractivity contribution in [3.63, 3.8) is 0 Å². The lowest BCUT2D eigenvalue weighted by molar-refractivity contribution is -0.148. The van der Waals surface area contributed by atoms with Crippen molar-refractivity contribution in [3.05, 3.63) is 23.9 Å². The van der Waals surface area contributed by atoms with Gasteiger partial charge in [0.2, 0.25) is 0 Å². The monoisotopic (exact) mass is 361 g/mol. The molecule has 1 fully saturated rings. The van der Waals surface area contributed by atoms with Crippen LogP contribution in [0, 0.1) is 5.92 Å². The van der Waals surface area contributed by atoms with E-state index in [9.17, 15) is 9.90 Å². The molecule has 7 heteroatoms. The largest absolute Gasteiger partial charge is 0.480 e. The van der Waals surface area contributed by atoms with E-state index >= 15 is 0 Å². The van der Waals surface area contributed by atoms with Crippen LogP contribution in [0.5, 0.6) is 0 Å². The normalized spacial score (nSPS) is 21.2. The minimum Gasteiger partial charge on any atom is -0.480 e. The Hall–Kier alpha value is -2.12. The molecule has 4 N–H and O–H groups in total. The second-order valence-electron chi connectivity index (χ2n) is 7.66. The van der Waals surface area contributed by atoms with Gasteiger partial charge in [-0.3, -0.25) is 4.68 Å². The van der Waals surface area contributed by atoms with E-state index in [-0.39, 0.29) is 13.2 Å². The summed E-state index contributed by atoms with van der Waals surface area (Å²) in [4.78, 5) is 10.8. The maximum absolute atomic E-state index is 10.8. The molecule has 0 radical (unpaired) electrons. The van der Waals surface area contributed by atoms with Gasteiger partial charge < -0.3 is 20.7 Å². The summed E-state index contributed by atoms with van der Waals surface area (Å²) in [7, 11) is 0. The van der Waals surface area contributed by atoms with E-state index in [4.69, 9.17) is 20.7 Å². The predicted octanol–water partition coefficient (Wildman–Crippen LogP) is 2.68. The summed E-state index contributed by atoms with van der Waals surface area (Å²) in [5.74, 6) is -0.605. The van der Waals surface area contributed by atoms with Crippen LogP contribution in [0.2, 0.25) is 0 Å². The van der Waals surface area contributed by atoms with Crippen molar-refractivity contribution in [2.45, 2.75) is 51.2 Å². The summed E-state index contributed by atoms with van der Waals surface area (Å²) >= 11 is 0. The molecule has 3 rings (SSSR count). The van der Waals surface area contributed by atoms with Crippen molar-refractivity contribution >= 4 is 22.6 Å². The number of anilines is 1. The number of carboxylic acids is 1. The summed E-state index contributed by atoms with van der Waals surface area (Å²) in [5.41, 5.74) is 7.52. The van der Waals surface area contributed by atoms with Crippen LogP contribution in [0.25, 0.3) is 10.9 Å². The SMILES string of the molecule is CC(C)(OCC(=O)O)c1cc2nn(C3CCC(CO)CC3)cc2cc1N. The fraction of sp³-hybridized carbons (Fsp3) is 0.579. The molecule has 1 saturated carbocycles. The van der Waals surface area contributed by atoms with Gasteiger partial charge in [-0.05, 0) is 57.6 Å². The molecule has 26 heavy (non-hydrogen) atoms. The highest BCUT2D eigenvalue weighted by atomic mass is 16.5. The molecule has 0 atom stereocenters. The van der Waals surface area contributed by atoms with E-state index in [1.165, 1.54) is 0 Å². The molecular weight excluding hydrogens is 334 g/mol. The third kappa shape index (κ3) is 3.83. The van der Waals surface area contributed by atoms with Gasteiger partial charge in [-0.15, -0.1) is 0 Å². The Kier molecular flexibility index (Phi) is 5.20. The number of benzene rings is 1. The number of nitrogens with zero attached hydrogens (tertiary/aromatic N) is 2. The number of fused-ring (bicyclic) bond motifs is 1. The number of nitrogen functional groups attached to an aromatic ring is 1. The molecule has 0 saturated heterocycles. The van der Waals surface area contributed by atoms with Gasteiger partial charge >= 0.3 is 5.97 Å². The van der Waals surface area contributed by atoms with Crippen molar-refractivity contribution in [3.8, 4) is 0 Å². The van der Waals surface area contributed by atoms with E-state index in [0.29, 0.717) is 17.6 Å². The first-order valence-corrected chi connectivity index (χ1v) is 9.05. The van der Waals surface area contributed by atoms with E-state index in [2.05, 4.69) is 0 Å². The Morgan fingerprint density at radius 1 is 1.35 bits per heavy atom. The fourth-order valence-corrected chi connectivity index (χ4v) is 3.73. The van der Waals surface area contributed by atoms with Gasteiger partial charge in [-0.25, -0.2) is 4.79 Å². The van der Waals surface area contributed by atoms with E-state index in [1.807, 2.05) is 23.0 Å². The first-order chi connectivity index (χ1) is 12.3. The molecule has 0 spiro atoms. The van der Waals surface area contributed by atoms with Crippen molar-refractivity contribution in [2.75, 3.05) is 18.9 Å². The lowest BCUT2D eigenvalue weighted by atomic mass is 9.87. The lowest BCUT2D eigenvalue weighted by Gasteiger charge is -2.27. The Bertz CT molecular complexity index is 791. The number of hydrogen-bond donors (Lipinski definition) is 3. The molecule has 0 bridgehead atoms. The van der Waals surface area contributed by atoms with Gasteiger partial charge in [0.1, 0.15) is 6.61 Å². The Morgan fingerprint density at radius 3 is 2.65 bits per heavy atom. The van der Waals surface area contributed by atoms with Gasteiger partial charge in [0.05, 0.1) is 17.2 Å². The number of aliphatic hydroxyl groups is 1. The summed E-state index contributed by atoms with van der Waals surface area (Å²) in [6.45, 7) is 3.49. The third-order valence-corrected chi connectivity index (χ3v) is 5.35. The zero-order chi connectivity index (χ0) is 18.9. The topological polar surface area (TPSA) is 111 Å². The van der Waals surface area contributed by atoms with Gasteiger partial charge in [-0.2, -0.15) is 5.10 Å². The van der Waals surface area contributed by atoms with Crippen LogP contribution in [0.15, 0.2) is 18.3 Å². The second kappa shape index (κ2) is 7.25. The van der Waals surface area contributed by atoms with Crippen molar-refractivity contribution in [1.29, 1.82) is 0 Å². The van der Waals surface area contributed by atoms with E-state index < -0.39 is 11.6 Å². The highest BCUT2D eigenvalue weighted by molar-refractivity contribution is 5.83. The average Bonchev–Trinajstić information content (AvgIpc) is 3.02. The number of ether oxygens (including phenoxy) is 1. The molecular formula is C19H27N3O4. The Balaban J connectivity index is 1.85. The molecule has 142 valence electrons. The number of carbonyl (C=O) groups is 1. The highest BCUT2D eigenvalue weighted by Crippen LogP contribution is 2.35. The van der Waals surface area contributed by atoms with Crippen LogP contribution in [-0.2, 0) is 15.1 Å². The first kappa shape index (κ1) is 18.7. The van der Waals surface area contributed by atoms with Gasteiger partial charge in [-0.1, -0.05) is 0 Å². The number of carboxylic acid groups (broad SMARTS) is 1. The zero-order valence-corrected chi connectivity index (χ0v) is 15.3. The van der Waals surface area contributed by atoms with Crippen LogP contribution in [0.3, 0.4) is 0 Å². The van der Waals surface area contributed by atoms with E-state index in [1.54, 1.807) is 13.8 Å². The molecule has 0 amide bonds. The molecule has 2 aromatic rings. The maximum Gasteiger partial charge on any atom is 0.329 e. The predicted molar refractivity (Wildman–Crippen MR) is 98.8 cm³/mol. The maximum atomic E-state index is 10.8. The summed E-state index contributed by atoms with van der Waals surface area (Å²) in [6, 6.07) is 4.10. The number of hydrogen-bond acceptors (Lipinski definition) is 5. The molecule has 7 nitrogen and oxygen atoms in total. The molecule has 0 aliphatic heterocycles. The minimum atomic E-state index is -1.01. The van der Waals surface area contributed by atoms with Crippen LogP contribution in [0.1, 0.15) is 51.1 Å². The standard InChI is InChI=1S/C19H27N3O4/c1-19(2,26-11-18(24)25)15-8-17-13(7-16(15)20)9-22(21-17)14-5-3-12(10-23)4-6-14/h7-9,12,14,23H,3-6,10-11,20H2,1-2H3,(H,24,25). The van der Waals surface area contributed by atoms with Crippen molar-refractivity contribution in [2.24, 2.45) is 5.92 Å². The molecule has 1 aromatic heterocycles. The van der Waals surface area contributed by atoms with Crippen molar-refractivity contribution < 1.29 is 19.7 Å². The third-order valence-electron chi connectivity index (χ3n) is 5.35.